The highest BCUT2D eigenvalue weighted by atomic mass is 35.5. The van der Waals surface area contributed by atoms with Crippen LogP contribution in [0, 0.1) is 15.9 Å². The fraction of sp³-hybridized carbons (Fsp3) is 0.316. The number of nitro groups is 1. The number of nitro benzene ring substituents is 1. The van der Waals surface area contributed by atoms with Gasteiger partial charge in [0.25, 0.3) is 11.6 Å². The average Bonchev–Trinajstić information content (AvgIpc) is 3.18. The molecule has 1 fully saturated rings. The molecule has 2 aromatic rings. The van der Waals surface area contributed by atoms with Crippen LogP contribution in [0.4, 0.5) is 10.1 Å². The quantitative estimate of drug-likeness (QED) is 0.597. The number of hydrogen-bond donors (Lipinski definition) is 1. The number of nitrogens with zero attached hydrogens (tertiary/aromatic N) is 2. The molecule has 8 heteroatoms. The third-order valence-electron chi connectivity index (χ3n) is 4.72. The number of rotatable bonds is 6. The van der Waals surface area contributed by atoms with Crippen LogP contribution in [-0.4, -0.2) is 35.4 Å². The van der Waals surface area contributed by atoms with Crippen molar-refractivity contribution in [3.63, 3.8) is 0 Å². The van der Waals surface area contributed by atoms with Crippen LogP contribution in [0.2, 0.25) is 5.02 Å². The van der Waals surface area contributed by atoms with E-state index in [1.165, 1.54) is 30.3 Å². The number of carbonyl (C=O) groups is 1. The average molecular weight is 392 g/mol. The van der Waals surface area contributed by atoms with Crippen LogP contribution >= 0.6 is 11.6 Å². The second kappa shape index (κ2) is 8.45. The van der Waals surface area contributed by atoms with Gasteiger partial charge in [-0.2, -0.15) is 0 Å². The van der Waals surface area contributed by atoms with Gasteiger partial charge in [-0.25, -0.2) is 4.39 Å². The number of nitrogens with one attached hydrogen (secondary N) is 1. The lowest BCUT2D eigenvalue weighted by Gasteiger charge is -2.29. The zero-order valence-electron chi connectivity index (χ0n) is 14.5. The van der Waals surface area contributed by atoms with Crippen LogP contribution < -0.4 is 5.32 Å². The summed E-state index contributed by atoms with van der Waals surface area (Å²) in [6, 6.07) is 9.80. The fourth-order valence-corrected chi connectivity index (χ4v) is 3.69. The molecule has 1 amide bonds. The van der Waals surface area contributed by atoms with Gasteiger partial charge in [-0.3, -0.25) is 19.8 Å². The molecule has 27 heavy (non-hydrogen) atoms. The second-order valence-electron chi connectivity index (χ2n) is 6.38. The van der Waals surface area contributed by atoms with Crippen molar-refractivity contribution >= 4 is 23.2 Å². The van der Waals surface area contributed by atoms with Crippen molar-refractivity contribution in [3.05, 3.63) is 74.5 Å². The summed E-state index contributed by atoms with van der Waals surface area (Å²) in [4.78, 5) is 25.1. The number of para-hydroxylation sites is 1. The first-order valence-electron chi connectivity index (χ1n) is 8.68. The molecule has 0 saturated carbocycles. The molecule has 1 unspecified atom stereocenters. The summed E-state index contributed by atoms with van der Waals surface area (Å²) in [5.74, 6) is -1.00. The molecule has 0 radical (unpaired) electrons. The number of hydrogen-bond acceptors (Lipinski definition) is 4. The Morgan fingerprint density at radius 1 is 1.22 bits per heavy atom. The largest absolute Gasteiger partial charge is 0.350 e. The maximum Gasteiger partial charge on any atom is 0.282 e. The van der Waals surface area contributed by atoms with Gasteiger partial charge in [0.2, 0.25) is 0 Å². The molecule has 142 valence electrons. The van der Waals surface area contributed by atoms with Gasteiger partial charge in [0.15, 0.2) is 0 Å². The molecule has 1 atom stereocenters. The standard InChI is InChI=1S/C19H19ClFN3O3/c20-14-7-5-8-15(21)18(14)17(23-10-3-4-11-23)12-22-19(25)13-6-1-2-9-16(13)24(26)27/h1-2,5-9,17H,3-4,10-12H2,(H,22,25). The summed E-state index contributed by atoms with van der Waals surface area (Å²) in [6.45, 7) is 1.65. The Morgan fingerprint density at radius 2 is 1.93 bits per heavy atom. The normalized spacial score (nSPS) is 15.5. The van der Waals surface area contributed by atoms with Crippen molar-refractivity contribution in [3.8, 4) is 0 Å². The van der Waals surface area contributed by atoms with Crippen LogP contribution in [0.1, 0.15) is 34.8 Å². The number of carbonyl (C=O) groups excluding carboxylic acids is 1. The summed E-state index contributed by atoms with van der Waals surface area (Å²) in [5.41, 5.74) is 0.0443. The molecule has 0 aromatic heterocycles. The van der Waals surface area contributed by atoms with Gasteiger partial charge in [0.05, 0.1) is 11.0 Å². The van der Waals surface area contributed by atoms with E-state index < -0.39 is 22.7 Å². The van der Waals surface area contributed by atoms with Gasteiger partial charge >= 0.3 is 0 Å². The highest BCUT2D eigenvalue weighted by Gasteiger charge is 2.29. The van der Waals surface area contributed by atoms with Crippen molar-refractivity contribution in [2.45, 2.75) is 18.9 Å². The molecule has 0 aliphatic carbocycles. The molecule has 2 aromatic carbocycles. The molecule has 6 nitrogen and oxygen atoms in total. The van der Waals surface area contributed by atoms with E-state index in [2.05, 4.69) is 10.2 Å². The number of amides is 1. The number of likely N-dealkylation sites (tertiary alicyclic amines) is 1. The molecule has 0 spiro atoms. The first kappa shape index (κ1) is 19.3. The van der Waals surface area contributed by atoms with E-state index >= 15 is 0 Å². The second-order valence-corrected chi connectivity index (χ2v) is 6.79. The van der Waals surface area contributed by atoms with Gasteiger partial charge in [0.1, 0.15) is 11.4 Å². The monoisotopic (exact) mass is 391 g/mol. The summed E-state index contributed by atoms with van der Waals surface area (Å²) < 4.78 is 14.5. The first-order chi connectivity index (χ1) is 13.0. The SMILES string of the molecule is O=C(NCC(c1c(F)cccc1Cl)N1CCCC1)c1ccccc1[N+](=O)[O-]. The van der Waals surface area contributed by atoms with Crippen LogP contribution in [0.15, 0.2) is 42.5 Å². The molecule has 1 heterocycles. The van der Waals surface area contributed by atoms with E-state index in [4.69, 9.17) is 11.6 Å². The molecule has 1 aliphatic rings. The van der Waals surface area contributed by atoms with Crippen LogP contribution in [0.25, 0.3) is 0 Å². The lowest BCUT2D eigenvalue weighted by atomic mass is 10.0. The zero-order valence-corrected chi connectivity index (χ0v) is 15.3. The van der Waals surface area contributed by atoms with E-state index in [-0.39, 0.29) is 17.8 Å². The van der Waals surface area contributed by atoms with Crippen molar-refractivity contribution in [1.82, 2.24) is 10.2 Å². The highest BCUT2D eigenvalue weighted by Crippen LogP contribution is 2.32. The summed E-state index contributed by atoms with van der Waals surface area (Å²) in [5, 5.41) is 14.1. The van der Waals surface area contributed by atoms with Crippen LogP contribution in [0.5, 0.6) is 0 Å². The molecule has 3 rings (SSSR count). The molecule has 1 saturated heterocycles. The predicted octanol–water partition coefficient (Wildman–Crippen LogP) is 3.95. The summed E-state index contributed by atoms with van der Waals surface area (Å²) in [7, 11) is 0. The van der Waals surface area contributed by atoms with Crippen LogP contribution in [-0.2, 0) is 0 Å². The van der Waals surface area contributed by atoms with Crippen molar-refractivity contribution in [2.24, 2.45) is 0 Å². The van der Waals surface area contributed by atoms with E-state index in [0.29, 0.717) is 10.6 Å². The van der Waals surface area contributed by atoms with Crippen molar-refractivity contribution in [1.29, 1.82) is 0 Å². The predicted molar refractivity (Wildman–Crippen MR) is 100 cm³/mol. The Labute approximate surface area is 161 Å². The maximum absolute atomic E-state index is 14.5. The van der Waals surface area contributed by atoms with E-state index in [1.54, 1.807) is 12.1 Å². The summed E-state index contributed by atoms with van der Waals surface area (Å²) in [6.07, 6.45) is 1.97. The lowest BCUT2D eigenvalue weighted by molar-refractivity contribution is -0.385. The minimum Gasteiger partial charge on any atom is -0.350 e. The Hall–Kier alpha value is -2.51. The minimum absolute atomic E-state index is 0.0256. The molecule has 0 bridgehead atoms. The van der Waals surface area contributed by atoms with E-state index in [9.17, 15) is 19.3 Å². The smallest absolute Gasteiger partial charge is 0.282 e. The Morgan fingerprint density at radius 3 is 2.59 bits per heavy atom. The van der Waals surface area contributed by atoms with Crippen LogP contribution in [0.3, 0.4) is 0 Å². The van der Waals surface area contributed by atoms with E-state index in [1.807, 2.05) is 0 Å². The van der Waals surface area contributed by atoms with Gasteiger partial charge in [-0.1, -0.05) is 29.8 Å². The topological polar surface area (TPSA) is 75.5 Å². The number of halogens is 2. The molecular weight excluding hydrogens is 373 g/mol. The Bertz CT molecular complexity index is 836. The van der Waals surface area contributed by atoms with Crippen molar-refractivity contribution in [2.75, 3.05) is 19.6 Å². The van der Waals surface area contributed by atoms with Crippen molar-refractivity contribution < 1.29 is 14.1 Å². The highest BCUT2D eigenvalue weighted by molar-refractivity contribution is 6.31. The van der Waals surface area contributed by atoms with E-state index in [0.717, 1.165) is 25.9 Å². The Balaban J connectivity index is 1.84. The van der Waals surface area contributed by atoms with Gasteiger partial charge in [-0.05, 0) is 44.1 Å². The Kier molecular flexibility index (Phi) is 6.03. The minimum atomic E-state index is -0.597. The third kappa shape index (κ3) is 4.26. The maximum atomic E-state index is 14.5. The van der Waals surface area contributed by atoms with Gasteiger partial charge in [0, 0.05) is 23.2 Å². The molecular formula is C19H19ClFN3O3. The molecule has 1 aliphatic heterocycles. The third-order valence-corrected chi connectivity index (χ3v) is 5.05. The lowest BCUT2D eigenvalue weighted by Crippen LogP contribution is -2.37. The molecule has 1 N–H and O–H groups in total. The summed E-state index contributed by atoms with van der Waals surface area (Å²) >= 11 is 6.23. The fourth-order valence-electron chi connectivity index (χ4n) is 3.41. The number of benzene rings is 2. The van der Waals surface area contributed by atoms with Gasteiger partial charge < -0.3 is 5.32 Å². The first-order valence-corrected chi connectivity index (χ1v) is 9.06. The zero-order chi connectivity index (χ0) is 19.4. The van der Waals surface area contributed by atoms with Gasteiger partial charge in [-0.15, -0.1) is 0 Å².